The molecule has 192 valence electrons. The van der Waals surface area contributed by atoms with Crippen molar-refractivity contribution in [2.24, 2.45) is 5.92 Å². The van der Waals surface area contributed by atoms with Gasteiger partial charge in [0.15, 0.2) is 0 Å². The number of ether oxygens (including phenoxy) is 1. The number of hydrogen-bond acceptors (Lipinski definition) is 6. The molecule has 3 N–H and O–H groups in total. The van der Waals surface area contributed by atoms with Crippen molar-refractivity contribution >= 4 is 51.3 Å². The van der Waals surface area contributed by atoms with E-state index >= 15 is 0 Å². The molecule has 1 aliphatic rings. The molecule has 0 radical (unpaired) electrons. The Morgan fingerprint density at radius 1 is 1.00 bits per heavy atom. The summed E-state index contributed by atoms with van der Waals surface area (Å²) in [7, 11) is 0. The van der Waals surface area contributed by atoms with Crippen LogP contribution in [-0.2, 0) is 30.5 Å². The Bertz CT molecular complexity index is 1260. The number of piperidine rings is 1. The fraction of sp³-hybridized carbons (Fsp3) is 0.385. The van der Waals surface area contributed by atoms with Gasteiger partial charge in [0.05, 0.1) is 19.1 Å². The number of nitrogens with zero attached hydrogens (tertiary/aromatic N) is 2. The lowest BCUT2D eigenvalue weighted by molar-refractivity contribution is -0.159. The van der Waals surface area contributed by atoms with Gasteiger partial charge in [0.1, 0.15) is 0 Å². The lowest BCUT2D eigenvalue weighted by atomic mass is 9.98. The summed E-state index contributed by atoms with van der Waals surface area (Å²) in [5, 5.41) is 20.2. The van der Waals surface area contributed by atoms with E-state index in [-0.39, 0.29) is 24.3 Å². The monoisotopic (exact) mass is 497 g/mol. The quantitative estimate of drug-likeness (QED) is 0.349. The molecule has 36 heavy (non-hydrogen) atoms. The lowest BCUT2D eigenvalue weighted by Crippen LogP contribution is -2.43. The predicted molar refractivity (Wildman–Crippen MR) is 135 cm³/mol. The molecular formula is C26H31N3O7. The van der Waals surface area contributed by atoms with Crippen LogP contribution in [0.3, 0.4) is 0 Å². The first kappa shape index (κ1) is 26.7. The van der Waals surface area contributed by atoms with Crippen molar-refractivity contribution in [3.63, 3.8) is 0 Å². The zero-order valence-corrected chi connectivity index (χ0v) is 20.4. The molecular weight excluding hydrogens is 466 g/mol. The number of hydrogen-bond donors (Lipinski definition) is 3. The summed E-state index contributed by atoms with van der Waals surface area (Å²) in [6, 6.07) is 14.4. The van der Waals surface area contributed by atoms with Crippen LogP contribution in [0.5, 0.6) is 0 Å². The zero-order chi connectivity index (χ0) is 26.2. The molecule has 10 nitrogen and oxygen atoms in total. The molecule has 1 atom stereocenters. The van der Waals surface area contributed by atoms with Crippen LogP contribution in [0.1, 0.15) is 26.7 Å². The maximum absolute atomic E-state index is 12.7. The summed E-state index contributed by atoms with van der Waals surface area (Å²) >= 11 is 0. The number of para-hydroxylation sites is 1. The van der Waals surface area contributed by atoms with Crippen molar-refractivity contribution < 1.29 is 34.1 Å². The number of anilines is 1. The van der Waals surface area contributed by atoms with Gasteiger partial charge < -0.3 is 24.8 Å². The third-order valence-corrected chi connectivity index (χ3v) is 6.05. The summed E-state index contributed by atoms with van der Waals surface area (Å²) in [6.07, 6.45) is 1.73. The van der Waals surface area contributed by atoms with E-state index in [1.807, 2.05) is 24.0 Å². The average Bonchev–Trinajstić information content (AvgIpc) is 3.17. The summed E-state index contributed by atoms with van der Waals surface area (Å²) in [6.45, 7) is 6.94. The van der Waals surface area contributed by atoms with E-state index < -0.39 is 11.9 Å². The standard InChI is InChI=1S/C24H29N3O3.C2H2O4/c1-3-27-21-10-6-5-9-19(21)20-14-18(11-12-22(20)27)25-23(28)16-26-13-7-8-17(15-26)24(29)30-4-2;3-1(4)2(5)6/h5-6,9-12,14,17H,3-4,7-8,13,15-16H2,1-2H3,(H,25,28);(H,3,4)(H,5,6). The summed E-state index contributed by atoms with van der Waals surface area (Å²) in [4.78, 5) is 44.9. The summed E-state index contributed by atoms with van der Waals surface area (Å²) in [5.74, 6) is -3.99. The van der Waals surface area contributed by atoms with Gasteiger partial charge in [-0.2, -0.15) is 0 Å². The number of aliphatic carboxylic acids is 2. The number of carbonyl (C=O) groups excluding carboxylic acids is 2. The number of aryl methyl sites for hydroxylation is 1. The van der Waals surface area contributed by atoms with Crippen molar-refractivity contribution in [1.82, 2.24) is 9.47 Å². The van der Waals surface area contributed by atoms with Gasteiger partial charge in [0, 0.05) is 40.6 Å². The second kappa shape index (κ2) is 12.2. The molecule has 3 aromatic rings. The van der Waals surface area contributed by atoms with Gasteiger partial charge in [0.2, 0.25) is 5.91 Å². The van der Waals surface area contributed by atoms with Gasteiger partial charge in [-0.05, 0) is 57.5 Å². The highest BCUT2D eigenvalue weighted by atomic mass is 16.5. The molecule has 10 heteroatoms. The van der Waals surface area contributed by atoms with Crippen LogP contribution in [0.15, 0.2) is 42.5 Å². The normalized spacial score (nSPS) is 15.7. The number of fused-ring (bicyclic) bond motifs is 3. The highest BCUT2D eigenvalue weighted by molar-refractivity contribution is 6.27. The average molecular weight is 498 g/mol. The van der Waals surface area contributed by atoms with Crippen molar-refractivity contribution in [2.75, 3.05) is 31.6 Å². The molecule has 2 heterocycles. The van der Waals surface area contributed by atoms with Crippen LogP contribution in [0.25, 0.3) is 21.8 Å². The van der Waals surface area contributed by atoms with Crippen LogP contribution in [0.2, 0.25) is 0 Å². The first-order chi connectivity index (χ1) is 17.2. The lowest BCUT2D eigenvalue weighted by Gasteiger charge is -2.30. The van der Waals surface area contributed by atoms with E-state index in [0.717, 1.165) is 37.0 Å². The van der Waals surface area contributed by atoms with Gasteiger partial charge in [-0.25, -0.2) is 9.59 Å². The molecule has 1 aliphatic heterocycles. The van der Waals surface area contributed by atoms with Crippen LogP contribution >= 0.6 is 0 Å². The van der Waals surface area contributed by atoms with E-state index in [1.165, 1.54) is 16.4 Å². The van der Waals surface area contributed by atoms with Gasteiger partial charge in [0.25, 0.3) is 0 Å². The molecule has 0 spiro atoms. The Kier molecular flexibility index (Phi) is 9.02. The Hall–Kier alpha value is -3.92. The van der Waals surface area contributed by atoms with Gasteiger partial charge >= 0.3 is 17.9 Å². The van der Waals surface area contributed by atoms with Crippen LogP contribution in [0.4, 0.5) is 5.69 Å². The molecule has 0 bridgehead atoms. The summed E-state index contributed by atoms with van der Waals surface area (Å²) in [5.41, 5.74) is 3.17. The van der Waals surface area contributed by atoms with E-state index in [4.69, 9.17) is 24.5 Å². The van der Waals surface area contributed by atoms with Crippen molar-refractivity contribution in [1.29, 1.82) is 0 Å². The predicted octanol–water partition coefficient (Wildman–Crippen LogP) is 3.18. The number of rotatable bonds is 6. The van der Waals surface area contributed by atoms with Crippen molar-refractivity contribution in [3.8, 4) is 0 Å². The van der Waals surface area contributed by atoms with Crippen molar-refractivity contribution in [2.45, 2.75) is 33.2 Å². The first-order valence-electron chi connectivity index (χ1n) is 11.9. The van der Waals surface area contributed by atoms with Crippen LogP contribution in [0, 0.1) is 5.92 Å². The SMILES string of the molecule is CCOC(=O)C1CCCN(CC(=O)Nc2ccc3c(c2)c2ccccc2n3CC)C1.O=C(O)C(=O)O. The van der Waals surface area contributed by atoms with Crippen LogP contribution in [-0.4, -0.2) is 69.7 Å². The molecule has 4 rings (SSSR count). The van der Waals surface area contributed by atoms with Gasteiger partial charge in [-0.15, -0.1) is 0 Å². The molecule has 1 saturated heterocycles. The minimum atomic E-state index is -1.82. The number of benzene rings is 2. The Labute approximate surface area is 208 Å². The van der Waals surface area contributed by atoms with Gasteiger partial charge in [-0.1, -0.05) is 18.2 Å². The van der Waals surface area contributed by atoms with E-state index in [1.54, 1.807) is 0 Å². The van der Waals surface area contributed by atoms with Gasteiger partial charge in [-0.3, -0.25) is 14.5 Å². The third-order valence-electron chi connectivity index (χ3n) is 6.05. The topological polar surface area (TPSA) is 138 Å². The zero-order valence-electron chi connectivity index (χ0n) is 20.4. The Balaban J connectivity index is 0.000000538. The van der Waals surface area contributed by atoms with E-state index in [9.17, 15) is 9.59 Å². The second-order valence-corrected chi connectivity index (χ2v) is 8.48. The summed E-state index contributed by atoms with van der Waals surface area (Å²) < 4.78 is 7.44. The largest absolute Gasteiger partial charge is 0.473 e. The Morgan fingerprint density at radius 3 is 2.36 bits per heavy atom. The maximum atomic E-state index is 12.7. The highest BCUT2D eigenvalue weighted by Gasteiger charge is 2.27. The molecule has 1 aromatic heterocycles. The van der Waals surface area contributed by atoms with E-state index in [2.05, 4.69) is 47.1 Å². The van der Waals surface area contributed by atoms with Crippen LogP contribution < -0.4 is 5.32 Å². The number of carboxylic acids is 2. The number of amides is 1. The first-order valence-corrected chi connectivity index (χ1v) is 11.9. The highest BCUT2D eigenvalue weighted by Crippen LogP contribution is 2.31. The number of nitrogens with one attached hydrogen (secondary N) is 1. The minimum absolute atomic E-state index is 0.0573. The Morgan fingerprint density at radius 2 is 1.69 bits per heavy atom. The third kappa shape index (κ3) is 6.39. The number of carbonyl (C=O) groups is 4. The molecule has 1 amide bonds. The second-order valence-electron chi connectivity index (χ2n) is 8.48. The molecule has 0 saturated carbocycles. The van der Waals surface area contributed by atoms with E-state index in [0.29, 0.717) is 13.2 Å². The molecule has 0 aliphatic carbocycles. The molecule has 1 unspecified atom stereocenters. The fourth-order valence-corrected chi connectivity index (χ4v) is 4.53. The number of carboxylic acid groups (broad SMARTS) is 2. The number of likely N-dealkylation sites (tertiary alicyclic amines) is 1. The molecule has 2 aromatic carbocycles. The maximum Gasteiger partial charge on any atom is 0.414 e. The minimum Gasteiger partial charge on any atom is -0.473 e. The fourth-order valence-electron chi connectivity index (χ4n) is 4.53. The molecule has 1 fully saturated rings. The number of aromatic nitrogens is 1. The smallest absolute Gasteiger partial charge is 0.414 e. The van der Waals surface area contributed by atoms with Crippen molar-refractivity contribution in [3.05, 3.63) is 42.5 Å². The number of esters is 1.